The second kappa shape index (κ2) is 2.54. The van der Waals surface area contributed by atoms with Crippen LogP contribution in [0.2, 0.25) is 0 Å². The average molecular weight is 156 g/mol. The number of aliphatic hydroxyl groups excluding tert-OH is 1. The lowest BCUT2D eigenvalue weighted by Crippen LogP contribution is -2.37. The van der Waals surface area contributed by atoms with Crippen LogP contribution in [0, 0.1) is 0 Å². The Kier molecular flexibility index (Phi) is 1.87. The largest absolute Gasteiger partial charge is 0.394 e. The molecule has 0 spiro atoms. The fraction of sp³-hybridized carbons (Fsp3) is 0.571. The fourth-order valence-electron chi connectivity index (χ4n) is 0.873. The third-order valence-electron chi connectivity index (χ3n) is 1.69. The molecule has 1 heterocycles. The van der Waals surface area contributed by atoms with Gasteiger partial charge in [0.15, 0.2) is 0 Å². The van der Waals surface area contributed by atoms with Gasteiger partial charge in [-0.1, -0.05) is 0 Å². The van der Waals surface area contributed by atoms with Gasteiger partial charge in [0.2, 0.25) is 0 Å². The smallest absolute Gasteiger partial charge is 0.326 e. The van der Waals surface area contributed by atoms with Gasteiger partial charge in [0, 0.05) is 12.4 Å². The highest BCUT2D eigenvalue weighted by Crippen LogP contribution is 2.09. The van der Waals surface area contributed by atoms with Crippen molar-refractivity contribution in [3.63, 3.8) is 0 Å². The Morgan fingerprint density at radius 1 is 1.73 bits per heavy atom. The van der Waals surface area contributed by atoms with Crippen molar-refractivity contribution in [1.29, 1.82) is 0 Å². The molecule has 0 aliphatic heterocycles. The van der Waals surface area contributed by atoms with E-state index in [4.69, 9.17) is 5.11 Å². The third kappa shape index (κ3) is 1.35. The SMILES string of the molecule is CC(C)(CO)n1cc[nH]c1=O. The van der Waals surface area contributed by atoms with Gasteiger partial charge in [-0.15, -0.1) is 0 Å². The first-order valence-electron chi connectivity index (χ1n) is 3.45. The molecule has 0 saturated carbocycles. The predicted molar refractivity (Wildman–Crippen MR) is 41.5 cm³/mol. The van der Waals surface area contributed by atoms with Crippen molar-refractivity contribution in [2.45, 2.75) is 19.4 Å². The van der Waals surface area contributed by atoms with Crippen molar-refractivity contribution in [3.05, 3.63) is 22.9 Å². The van der Waals surface area contributed by atoms with Gasteiger partial charge in [0.25, 0.3) is 0 Å². The molecule has 11 heavy (non-hydrogen) atoms. The van der Waals surface area contributed by atoms with E-state index in [0.29, 0.717) is 0 Å². The van der Waals surface area contributed by atoms with Crippen LogP contribution >= 0.6 is 0 Å². The van der Waals surface area contributed by atoms with Gasteiger partial charge in [-0.3, -0.25) is 4.57 Å². The molecule has 62 valence electrons. The molecule has 0 saturated heterocycles. The lowest BCUT2D eigenvalue weighted by Gasteiger charge is -2.22. The molecule has 0 bridgehead atoms. The van der Waals surface area contributed by atoms with E-state index in [1.807, 2.05) is 0 Å². The number of aliphatic hydroxyl groups is 1. The predicted octanol–water partition coefficient (Wildman–Crippen LogP) is -0.0962. The van der Waals surface area contributed by atoms with E-state index in [2.05, 4.69) is 4.98 Å². The summed E-state index contributed by atoms with van der Waals surface area (Å²) in [7, 11) is 0. The van der Waals surface area contributed by atoms with Crippen molar-refractivity contribution in [1.82, 2.24) is 9.55 Å². The number of nitrogens with one attached hydrogen (secondary N) is 1. The maximum absolute atomic E-state index is 11.0. The minimum absolute atomic E-state index is 0.0508. The van der Waals surface area contributed by atoms with Gasteiger partial charge in [-0.25, -0.2) is 4.79 Å². The Labute approximate surface area is 64.5 Å². The zero-order chi connectivity index (χ0) is 8.48. The molecule has 0 radical (unpaired) electrons. The molecule has 0 unspecified atom stereocenters. The van der Waals surface area contributed by atoms with E-state index < -0.39 is 5.54 Å². The van der Waals surface area contributed by atoms with E-state index in [9.17, 15) is 4.79 Å². The lowest BCUT2D eigenvalue weighted by molar-refractivity contribution is 0.161. The molecule has 2 N–H and O–H groups in total. The first-order chi connectivity index (χ1) is 5.08. The van der Waals surface area contributed by atoms with Gasteiger partial charge >= 0.3 is 5.69 Å². The number of hydrogen-bond acceptors (Lipinski definition) is 2. The number of H-pyrrole nitrogens is 1. The van der Waals surface area contributed by atoms with Crippen molar-refractivity contribution in [2.75, 3.05) is 6.61 Å². The van der Waals surface area contributed by atoms with Crippen LogP contribution in [0.3, 0.4) is 0 Å². The summed E-state index contributed by atoms with van der Waals surface area (Å²) in [5.74, 6) is 0. The van der Waals surface area contributed by atoms with Crippen LogP contribution in [-0.2, 0) is 5.54 Å². The van der Waals surface area contributed by atoms with Crippen LogP contribution in [0.5, 0.6) is 0 Å². The van der Waals surface area contributed by atoms with Crippen molar-refractivity contribution in [3.8, 4) is 0 Å². The van der Waals surface area contributed by atoms with Crippen molar-refractivity contribution >= 4 is 0 Å². The molecule has 1 rings (SSSR count). The van der Waals surface area contributed by atoms with Crippen LogP contribution in [0.4, 0.5) is 0 Å². The van der Waals surface area contributed by atoms with E-state index in [0.717, 1.165) is 0 Å². The molecule has 4 nitrogen and oxygen atoms in total. The Balaban J connectivity index is 3.11. The quantitative estimate of drug-likeness (QED) is 0.628. The molecule has 1 aromatic heterocycles. The lowest BCUT2D eigenvalue weighted by atomic mass is 10.1. The first-order valence-corrected chi connectivity index (χ1v) is 3.45. The highest BCUT2D eigenvalue weighted by Gasteiger charge is 2.19. The molecule has 0 aliphatic rings. The standard InChI is InChI=1S/C7H12N2O2/c1-7(2,5-10)9-4-3-8-6(9)11/h3-4,10H,5H2,1-2H3,(H,8,11). The number of aromatic nitrogens is 2. The Hall–Kier alpha value is -1.03. The van der Waals surface area contributed by atoms with Crippen molar-refractivity contribution < 1.29 is 5.11 Å². The zero-order valence-corrected chi connectivity index (χ0v) is 6.66. The number of hydrogen-bond donors (Lipinski definition) is 2. The van der Waals surface area contributed by atoms with Crippen LogP contribution in [0.1, 0.15) is 13.8 Å². The molecule has 0 fully saturated rings. The number of aromatic amines is 1. The molecule has 0 aliphatic carbocycles. The van der Waals surface area contributed by atoms with Crippen LogP contribution in [0.15, 0.2) is 17.2 Å². The van der Waals surface area contributed by atoms with Gasteiger partial charge in [0.05, 0.1) is 12.1 Å². The second-order valence-corrected chi connectivity index (χ2v) is 3.11. The summed E-state index contributed by atoms with van der Waals surface area (Å²) in [5.41, 5.74) is -0.707. The summed E-state index contributed by atoms with van der Waals surface area (Å²) in [6.07, 6.45) is 3.18. The summed E-state index contributed by atoms with van der Waals surface area (Å²) in [6, 6.07) is 0. The second-order valence-electron chi connectivity index (χ2n) is 3.11. The van der Waals surface area contributed by atoms with Crippen molar-refractivity contribution in [2.24, 2.45) is 0 Å². The van der Waals surface area contributed by atoms with E-state index in [1.54, 1.807) is 26.2 Å². The monoisotopic (exact) mass is 156 g/mol. The summed E-state index contributed by atoms with van der Waals surface area (Å²) in [5, 5.41) is 8.92. The maximum Gasteiger partial charge on any atom is 0.326 e. The molecular weight excluding hydrogens is 144 g/mol. The molecule has 0 amide bonds. The zero-order valence-electron chi connectivity index (χ0n) is 6.66. The van der Waals surface area contributed by atoms with Gasteiger partial charge < -0.3 is 10.1 Å². The molecule has 0 aromatic carbocycles. The molecular formula is C7H12N2O2. The van der Waals surface area contributed by atoms with Gasteiger partial charge in [-0.05, 0) is 13.8 Å². The fourth-order valence-corrected chi connectivity index (χ4v) is 0.873. The number of imidazole rings is 1. The topological polar surface area (TPSA) is 58.0 Å². The van der Waals surface area contributed by atoms with Gasteiger partial charge in [0.1, 0.15) is 0 Å². The van der Waals surface area contributed by atoms with E-state index in [1.165, 1.54) is 4.57 Å². The highest BCUT2D eigenvalue weighted by atomic mass is 16.3. The van der Waals surface area contributed by atoms with Gasteiger partial charge in [-0.2, -0.15) is 0 Å². The maximum atomic E-state index is 11.0. The number of nitrogens with zero attached hydrogens (tertiary/aromatic N) is 1. The normalized spacial score (nSPS) is 11.9. The minimum Gasteiger partial charge on any atom is -0.394 e. The molecule has 0 atom stereocenters. The van der Waals surface area contributed by atoms with Crippen LogP contribution < -0.4 is 5.69 Å². The Bertz CT molecular complexity index is 285. The summed E-state index contributed by atoms with van der Waals surface area (Å²) >= 11 is 0. The highest BCUT2D eigenvalue weighted by molar-refractivity contribution is 4.86. The summed E-state index contributed by atoms with van der Waals surface area (Å²) < 4.78 is 1.47. The Morgan fingerprint density at radius 3 is 2.73 bits per heavy atom. The summed E-state index contributed by atoms with van der Waals surface area (Å²) in [4.78, 5) is 13.5. The Morgan fingerprint density at radius 2 is 2.36 bits per heavy atom. The number of rotatable bonds is 2. The van der Waals surface area contributed by atoms with E-state index >= 15 is 0 Å². The first kappa shape index (κ1) is 8.07. The third-order valence-corrected chi connectivity index (χ3v) is 1.69. The molecule has 4 heteroatoms. The van der Waals surface area contributed by atoms with Crippen LogP contribution in [0.25, 0.3) is 0 Å². The van der Waals surface area contributed by atoms with E-state index in [-0.39, 0.29) is 12.3 Å². The molecule has 1 aromatic rings. The average Bonchev–Trinajstić information content (AvgIpc) is 2.36. The van der Waals surface area contributed by atoms with Crippen LogP contribution in [-0.4, -0.2) is 21.3 Å². The minimum atomic E-state index is -0.517. The summed E-state index contributed by atoms with van der Waals surface area (Å²) in [6.45, 7) is 3.54.